The topological polar surface area (TPSA) is 120 Å². The van der Waals surface area contributed by atoms with Crippen molar-refractivity contribution in [3.63, 3.8) is 0 Å². The quantitative estimate of drug-likeness (QED) is 0.389. The number of halogens is 2. The van der Waals surface area contributed by atoms with E-state index in [0.29, 0.717) is 28.7 Å². The number of piperazine rings is 1. The number of nitrogens with zero attached hydrogens (tertiary/aromatic N) is 4. The summed E-state index contributed by atoms with van der Waals surface area (Å²) in [5, 5.41) is 9.32. The fraction of sp³-hybridized carbons (Fsp3) is 0.393. The van der Waals surface area contributed by atoms with Gasteiger partial charge < -0.3 is 20.9 Å². The van der Waals surface area contributed by atoms with Crippen molar-refractivity contribution in [3.05, 3.63) is 60.0 Å². The van der Waals surface area contributed by atoms with E-state index in [1.165, 1.54) is 6.20 Å². The van der Waals surface area contributed by atoms with E-state index in [1.54, 1.807) is 36.5 Å². The van der Waals surface area contributed by atoms with Crippen molar-refractivity contribution >= 4 is 28.6 Å². The molecule has 12 heteroatoms. The number of hydrogen-bond acceptors (Lipinski definition) is 7. The molecule has 4 heterocycles. The number of nitrogens with one attached hydrogen (secondary N) is 3. The van der Waals surface area contributed by atoms with Gasteiger partial charge in [0.15, 0.2) is 0 Å². The molecule has 0 unspecified atom stereocenters. The number of carbonyl (C=O) groups excluding carboxylic acids is 3. The van der Waals surface area contributed by atoms with Crippen molar-refractivity contribution in [2.24, 2.45) is 0 Å². The number of alkyl halides is 2. The minimum Gasteiger partial charge on any atom is -0.349 e. The minimum atomic E-state index is -2.89. The predicted molar refractivity (Wildman–Crippen MR) is 145 cm³/mol. The van der Waals surface area contributed by atoms with Crippen LogP contribution in [-0.4, -0.2) is 102 Å². The van der Waals surface area contributed by atoms with Gasteiger partial charge in [0.2, 0.25) is 5.91 Å². The van der Waals surface area contributed by atoms with Crippen molar-refractivity contribution in [2.45, 2.75) is 12.3 Å². The summed E-state index contributed by atoms with van der Waals surface area (Å²) in [6.07, 6.45) is 2.73. The van der Waals surface area contributed by atoms with Crippen LogP contribution in [0.3, 0.4) is 0 Å². The lowest BCUT2D eigenvalue weighted by atomic mass is 10.0. The van der Waals surface area contributed by atoms with Gasteiger partial charge in [-0.25, -0.2) is 8.78 Å². The Morgan fingerprint density at radius 2 is 1.75 bits per heavy atom. The van der Waals surface area contributed by atoms with Gasteiger partial charge in [-0.3, -0.25) is 29.3 Å². The minimum absolute atomic E-state index is 0.0335. The Morgan fingerprint density at radius 3 is 2.48 bits per heavy atom. The molecule has 2 saturated heterocycles. The van der Waals surface area contributed by atoms with Gasteiger partial charge in [-0.15, -0.1) is 0 Å². The molecule has 5 rings (SSSR count). The molecule has 40 heavy (non-hydrogen) atoms. The molecule has 210 valence electrons. The molecule has 2 aliphatic rings. The second-order valence-electron chi connectivity index (χ2n) is 9.97. The summed E-state index contributed by atoms with van der Waals surface area (Å²) in [7, 11) is 0. The SMILES string of the molecule is O=C(NCCN1CCNCC1)c1ccc(-c2ccc3nccc(C(=O)NCC(=O)N4CCC(F)(F)C4)c3c2)cn1. The molecule has 0 aliphatic carbocycles. The van der Waals surface area contributed by atoms with Gasteiger partial charge in [0.05, 0.1) is 24.2 Å². The first-order chi connectivity index (χ1) is 19.3. The monoisotopic (exact) mass is 551 g/mol. The van der Waals surface area contributed by atoms with Crippen LogP contribution in [0.4, 0.5) is 8.78 Å². The molecule has 0 saturated carbocycles. The molecular formula is C28H31F2N7O3. The summed E-state index contributed by atoms with van der Waals surface area (Å²) < 4.78 is 26.9. The molecule has 0 radical (unpaired) electrons. The number of fused-ring (bicyclic) bond motifs is 1. The number of carbonyl (C=O) groups is 3. The number of rotatable bonds is 8. The number of pyridine rings is 2. The van der Waals surface area contributed by atoms with Crippen LogP contribution in [0.1, 0.15) is 27.3 Å². The normalized spacial score (nSPS) is 17.1. The Morgan fingerprint density at radius 1 is 0.950 bits per heavy atom. The maximum atomic E-state index is 13.4. The smallest absolute Gasteiger partial charge is 0.269 e. The highest BCUT2D eigenvalue weighted by atomic mass is 19.3. The lowest BCUT2D eigenvalue weighted by molar-refractivity contribution is -0.130. The van der Waals surface area contributed by atoms with E-state index < -0.39 is 24.3 Å². The van der Waals surface area contributed by atoms with E-state index in [1.807, 2.05) is 6.07 Å². The van der Waals surface area contributed by atoms with Gasteiger partial charge in [0.25, 0.3) is 17.7 Å². The Balaban J connectivity index is 1.23. The molecule has 1 aromatic carbocycles. The van der Waals surface area contributed by atoms with Gasteiger partial charge in [0.1, 0.15) is 5.69 Å². The van der Waals surface area contributed by atoms with Gasteiger partial charge >= 0.3 is 0 Å². The van der Waals surface area contributed by atoms with E-state index in [0.717, 1.165) is 48.8 Å². The lowest BCUT2D eigenvalue weighted by Gasteiger charge is -2.27. The zero-order valence-electron chi connectivity index (χ0n) is 22.0. The standard InChI is InChI=1S/C28H31F2N7O3/c29-28(30)6-11-37(18-28)25(38)17-35-26(39)21-5-7-32-23-3-1-19(15-22(21)23)20-2-4-24(34-16-20)27(40)33-10-14-36-12-8-31-9-13-36/h1-5,7,15-16,31H,6,8-14,17-18H2,(H,33,40)(H,35,39). The Bertz CT molecular complexity index is 1390. The summed E-state index contributed by atoms with van der Waals surface area (Å²) >= 11 is 0. The van der Waals surface area contributed by atoms with Gasteiger partial charge in [-0.1, -0.05) is 12.1 Å². The predicted octanol–water partition coefficient (Wildman–Crippen LogP) is 1.53. The molecule has 10 nitrogen and oxygen atoms in total. The number of benzene rings is 1. The molecule has 3 aromatic rings. The second kappa shape index (κ2) is 12.0. The van der Waals surface area contributed by atoms with Crippen molar-refractivity contribution in [1.82, 2.24) is 35.7 Å². The Kier molecular flexibility index (Phi) is 8.27. The first kappa shape index (κ1) is 27.5. The van der Waals surface area contributed by atoms with Crippen LogP contribution in [0.15, 0.2) is 48.8 Å². The molecule has 2 aliphatic heterocycles. The van der Waals surface area contributed by atoms with Gasteiger partial charge in [-0.2, -0.15) is 0 Å². The first-order valence-electron chi connectivity index (χ1n) is 13.3. The maximum absolute atomic E-state index is 13.4. The molecule has 0 bridgehead atoms. The van der Waals surface area contributed by atoms with E-state index in [2.05, 4.69) is 30.8 Å². The molecule has 0 atom stereocenters. The number of aromatic nitrogens is 2. The average Bonchev–Trinajstić information content (AvgIpc) is 3.35. The van der Waals surface area contributed by atoms with Crippen molar-refractivity contribution in [1.29, 1.82) is 0 Å². The molecule has 3 amide bonds. The summed E-state index contributed by atoms with van der Waals surface area (Å²) in [6.45, 7) is 4.13. The Labute approximate surface area is 230 Å². The van der Waals surface area contributed by atoms with Gasteiger partial charge in [0, 0.05) is 75.6 Å². The van der Waals surface area contributed by atoms with Crippen LogP contribution in [0.2, 0.25) is 0 Å². The third-order valence-electron chi connectivity index (χ3n) is 7.16. The van der Waals surface area contributed by atoms with E-state index in [4.69, 9.17) is 0 Å². The maximum Gasteiger partial charge on any atom is 0.269 e. The van der Waals surface area contributed by atoms with E-state index >= 15 is 0 Å². The van der Waals surface area contributed by atoms with Crippen LogP contribution in [0.25, 0.3) is 22.0 Å². The first-order valence-corrected chi connectivity index (χ1v) is 13.3. The zero-order chi connectivity index (χ0) is 28.1. The zero-order valence-corrected chi connectivity index (χ0v) is 22.0. The van der Waals surface area contributed by atoms with E-state index in [-0.39, 0.29) is 25.4 Å². The van der Waals surface area contributed by atoms with Crippen molar-refractivity contribution in [3.8, 4) is 11.1 Å². The van der Waals surface area contributed by atoms with E-state index in [9.17, 15) is 23.2 Å². The Hall–Kier alpha value is -4.03. The highest BCUT2D eigenvalue weighted by Crippen LogP contribution is 2.27. The third-order valence-corrected chi connectivity index (χ3v) is 7.16. The number of amides is 3. The fourth-order valence-electron chi connectivity index (χ4n) is 4.89. The largest absolute Gasteiger partial charge is 0.349 e. The summed E-state index contributed by atoms with van der Waals surface area (Å²) in [6, 6.07) is 10.4. The van der Waals surface area contributed by atoms with Crippen molar-refractivity contribution in [2.75, 3.05) is 58.9 Å². The van der Waals surface area contributed by atoms with Crippen LogP contribution >= 0.6 is 0 Å². The third kappa shape index (κ3) is 6.57. The van der Waals surface area contributed by atoms with Crippen LogP contribution < -0.4 is 16.0 Å². The highest BCUT2D eigenvalue weighted by molar-refractivity contribution is 6.07. The van der Waals surface area contributed by atoms with Crippen molar-refractivity contribution < 1.29 is 23.2 Å². The number of likely N-dealkylation sites (tertiary alicyclic amines) is 1. The molecule has 2 aromatic heterocycles. The summed E-state index contributed by atoms with van der Waals surface area (Å²) in [5.74, 6) is -4.19. The van der Waals surface area contributed by atoms with Crippen LogP contribution in [0, 0.1) is 0 Å². The molecule has 0 spiro atoms. The summed E-state index contributed by atoms with van der Waals surface area (Å²) in [4.78, 5) is 49.8. The molecule has 3 N–H and O–H groups in total. The molecule has 2 fully saturated rings. The van der Waals surface area contributed by atoms with Crippen LogP contribution in [-0.2, 0) is 4.79 Å². The van der Waals surface area contributed by atoms with Gasteiger partial charge in [-0.05, 0) is 29.8 Å². The number of hydrogen-bond donors (Lipinski definition) is 3. The molecular weight excluding hydrogens is 520 g/mol. The second-order valence-corrected chi connectivity index (χ2v) is 9.97. The van der Waals surface area contributed by atoms with Crippen LogP contribution in [0.5, 0.6) is 0 Å². The summed E-state index contributed by atoms with van der Waals surface area (Å²) in [5.41, 5.74) is 2.71. The highest BCUT2D eigenvalue weighted by Gasteiger charge is 2.40. The lowest BCUT2D eigenvalue weighted by Crippen LogP contribution is -2.46. The fourth-order valence-corrected chi connectivity index (χ4v) is 4.89. The average molecular weight is 552 g/mol.